The van der Waals surface area contributed by atoms with E-state index in [1.54, 1.807) is 18.2 Å². The van der Waals surface area contributed by atoms with Crippen molar-refractivity contribution in [2.45, 2.75) is 44.2 Å². The molecule has 184 valence electrons. The highest BCUT2D eigenvalue weighted by atomic mass is 16.5. The number of nitrogens with one attached hydrogen (secondary N) is 2. The van der Waals surface area contributed by atoms with Gasteiger partial charge in [-0.1, -0.05) is 0 Å². The highest BCUT2D eigenvalue weighted by Gasteiger charge is 2.28. The maximum Gasteiger partial charge on any atom is 0.263 e. The number of fused-ring (bicyclic) bond motifs is 2. The molecule has 1 amide bonds. The van der Waals surface area contributed by atoms with Crippen molar-refractivity contribution in [3.63, 3.8) is 0 Å². The number of anilines is 1. The third-order valence-corrected chi connectivity index (χ3v) is 6.23. The van der Waals surface area contributed by atoms with E-state index in [9.17, 15) is 14.7 Å². The monoisotopic (exact) mass is 481 g/mol. The van der Waals surface area contributed by atoms with Gasteiger partial charge in [0.05, 0.1) is 38.2 Å². The minimum atomic E-state index is -0.863. The number of aliphatic hydroxyl groups is 1. The van der Waals surface area contributed by atoms with Crippen LogP contribution in [-0.4, -0.2) is 64.1 Å². The number of methoxy groups -OCH3 is 1. The molecule has 5 rings (SSSR count). The van der Waals surface area contributed by atoms with Gasteiger partial charge in [0, 0.05) is 30.1 Å². The number of hydrogen-bond acceptors (Lipinski definition) is 9. The standard InChI is InChI=1S/C24H27N5O6/c1-33-21-8-2-14-3-9-22(32)29(24(14)28-21)11-17(30)18-6-5-16(12-34-18)25-10-15-4-7-19-23(26-15)27-20(31)13-35-19/h2-4,7-9,16-18,25,30H,5-6,10-13H2,1H3,(H,26,27,31)/t16-,17+,18+/m1/s1. The molecule has 2 aliphatic rings. The zero-order chi connectivity index (χ0) is 24.4. The molecule has 5 heterocycles. The van der Waals surface area contributed by atoms with Gasteiger partial charge in [0.2, 0.25) is 5.88 Å². The molecule has 3 aromatic heterocycles. The van der Waals surface area contributed by atoms with Gasteiger partial charge in [-0.3, -0.25) is 14.2 Å². The van der Waals surface area contributed by atoms with Crippen LogP contribution in [0.2, 0.25) is 0 Å². The molecule has 0 aromatic carbocycles. The number of amides is 1. The van der Waals surface area contributed by atoms with Crippen LogP contribution in [0.25, 0.3) is 11.0 Å². The van der Waals surface area contributed by atoms with Gasteiger partial charge in [-0.25, -0.2) is 4.98 Å². The Balaban J connectivity index is 1.17. The number of rotatable bonds is 7. The summed E-state index contributed by atoms with van der Waals surface area (Å²) in [7, 11) is 1.52. The fourth-order valence-electron chi connectivity index (χ4n) is 4.33. The van der Waals surface area contributed by atoms with E-state index in [-0.39, 0.29) is 30.7 Å². The Morgan fingerprint density at radius 1 is 1.20 bits per heavy atom. The van der Waals surface area contributed by atoms with E-state index >= 15 is 0 Å². The molecule has 0 spiro atoms. The Morgan fingerprint density at radius 2 is 2.06 bits per heavy atom. The number of carbonyl (C=O) groups excluding carboxylic acids is 1. The Bertz CT molecular complexity index is 1290. The van der Waals surface area contributed by atoms with Crippen LogP contribution in [0.3, 0.4) is 0 Å². The second-order valence-electron chi connectivity index (χ2n) is 8.63. The summed E-state index contributed by atoms with van der Waals surface area (Å²) in [6.07, 6.45) is 0.174. The number of carbonyl (C=O) groups is 1. The Hall–Kier alpha value is -3.54. The summed E-state index contributed by atoms with van der Waals surface area (Å²) in [5, 5.41) is 17.7. The fourth-order valence-corrected chi connectivity index (χ4v) is 4.33. The van der Waals surface area contributed by atoms with Gasteiger partial charge >= 0.3 is 0 Å². The molecule has 3 atom stereocenters. The van der Waals surface area contributed by atoms with Crippen LogP contribution in [0.4, 0.5) is 5.82 Å². The zero-order valence-corrected chi connectivity index (χ0v) is 19.3. The van der Waals surface area contributed by atoms with Crippen molar-refractivity contribution in [3.05, 3.63) is 52.4 Å². The number of aromatic nitrogens is 3. The first-order valence-electron chi connectivity index (χ1n) is 11.5. The fraction of sp³-hybridized carbons (Fsp3) is 0.417. The summed E-state index contributed by atoms with van der Waals surface area (Å²) in [6.45, 7) is 0.997. The van der Waals surface area contributed by atoms with E-state index in [1.807, 2.05) is 12.1 Å². The third kappa shape index (κ3) is 5.11. The van der Waals surface area contributed by atoms with Crippen molar-refractivity contribution in [2.75, 3.05) is 25.6 Å². The molecule has 2 aliphatic heterocycles. The highest BCUT2D eigenvalue weighted by molar-refractivity contribution is 5.94. The SMILES string of the molecule is COc1ccc2ccc(=O)n(C[C@H](O)[C@@H]3CC[C@@H](NCc4ccc5c(n4)NC(=O)CO5)CO3)c2n1. The van der Waals surface area contributed by atoms with Crippen molar-refractivity contribution in [2.24, 2.45) is 0 Å². The summed E-state index contributed by atoms with van der Waals surface area (Å²) in [5.74, 6) is 1.17. The molecule has 0 aliphatic carbocycles. The average Bonchev–Trinajstić information content (AvgIpc) is 2.88. The summed E-state index contributed by atoms with van der Waals surface area (Å²) in [5.41, 5.74) is 0.993. The van der Waals surface area contributed by atoms with Gasteiger partial charge in [0.15, 0.2) is 18.2 Å². The number of ether oxygens (including phenoxy) is 3. The Kier molecular flexibility index (Phi) is 6.62. The van der Waals surface area contributed by atoms with E-state index in [1.165, 1.54) is 17.7 Å². The van der Waals surface area contributed by atoms with Gasteiger partial charge < -0.3 is 30.0 Å². The molecule has 0 unspecified atom stereocenters. The number of nitrogens with zero attached hydrogens (tertiary/aromatic N) is 3. The van der Waals surface area contributed by atoms with Gasteiger partial charge in [-0.05, 0) is 37.1 Å². The molecule has 0 radical (unpaired) electrons. The predicted octanol–water partition coefficient (Wildman–Crippen LogP) is 0.829. The van der Waals surface area contributed by atoms with E-state index in [0.717, 1.165) is 17.5 Å². The maximum absolute atomic E-state index is 12.5. The number of hydrogen-bond donors (Lipinski definition) is 3. The summed E-state index contributed by atoms with van der Waals surface area (Å²) in [6, 6.07) is 10.5. The van der Waals surface area contributed by atoms with Crippen LogP contribution in [0.5, 0.6) is 11.6 Å². The van der Waals surface area contributed by atoms with Crippen molar-refractivity contribution >= 4 is 22.8 Å². The first-order chi connectivity index (χ1) is 17.0. The molecular formula is C24H27N5O6. The molecule has 35 heavy (non-hydrogen) atoms. The van der Waals surface area contributed by atoms with Gasteiger partial charge in [-0.15, -0.1) is 0 Å². The maximum atomic E-state index is 12.5. The van der Waals surface area contributed by atoms with Crippen molar-refractivity contribution in [1.29, 1.82) is 0 Å². The van der Waals surface area contributed by atoms with Crippen molar-refractivity contribution < 1.29 is 24.1 Å². The molecular weight excluding hydrogens is 454 g/mol. The topological polar surface area (TPSA) is 137 Å². The lowest BCUT2D eigenvalue weighted by atomic mass is 10.0. The minimum Gasteiger partial charge on any atom is -0.481 e. The molecule has 11 nitrogen and oxygen atoms in total. The largest absolute Gasteiger partial charge is 0.481 e. The predicted molar refractivity (Wildman–Crippen MR) is 127 cm³/mol. The van der Waals surface area contributed by atoms with Crippen LogP contribution in [0, 0.1) is 0 Å². The summed E-state index contributed by atoms with van der Waals surface area (Å²) < 4.78 is 17.9. The van der Waals surface area contributed by atoms with Gasteiger partial charge in [-0.2, -0.15) is 4.98 Å². The lowest BCUT2D eigenvalue weighted by Crippen LogP contribution is -2.45. The second-order valence-corrected chi connectivity index (χ2v) is 8.63. The second kappa shape index (κ2) is 9.98. The normalized spacial score (nSPS) is 20.6. The van der Waals surface area contributed by atoms with Crippen LogP contribution in [0.1, 0.15) is 18.5 Å². The molecule has 11 heteroatoms. The van der Waals surface area contributed by atoms with Gasteiger partial charge in [0.25, 0.3) is 11.5 Å². The zero-order valence-electron chi connectivity index (χ0n) is 19.3. The number of aliphatic hydroxyl groups excluding tert-OH is 1. The third-order valence-electron chi connectivity index (χ3n) is 6.23. The first-order valence-corrected chi connectivity index (χ1v) is 11.5. The summed E-state index contributed by atoms with van der Waals surface area (Å²) in [4.78, 5) is 32.8. The average molecular weight is 482 g/mol. The smallest absolute Gasteiger partial charge is 0.263 e. The Labute approximate surface area is 201 Å². The van der Waals surface area contributed by atoms with Gasteiger partial charge in [0.1, 0.15) is 5.65 Å². The molecule has 3 N–H and O–H groups in total. The van der Waals surface area contributed by atoms with E-state index in [4.69, 9.17) is 14.2 Å². The van der Waals surface area contributed by atoms with Crippen LogP contribution >= 0.6 is 0 Å². The lowest BCUT2D eigenvalue weighted by Gasteiger charge is -2.32. The lowest BCUT2D eigenvalue weighted by molar-refractivity contribution is -0.118. The first kappa shape index (κ1) is 23.2. The minimum absolute atomic E-state index is 0.00144. The molecule has 3 aromatic rings. The molecule has 0 bridgehead atoms. The molecule has 0 saturated carbocycles. The van der Waals surface area contributed by atoms with Crippen molar-refractivity contribution in [1.82, 2.24) is 19.9 Å². The van der Waals surface area contributed by atoms with E-state index in [2.05, 4.69) is 20.6 Å². The molecule has 1 saturated heterocycles. The van der Waals surface area contributed by atoms with E-state index in [0.29, 0.717) is 42.7 Å². The summed E-state index contributed by atoms with van der Waals surface area (Å²) >= 11 is 0. The van der Waals surface area contributed by atoms with Crippen LogP contribution in [-0.2, 0) is 22.6 Å². The highest BCUT2D eigenvalue weighted by Crippen LogP contribution is 2.25. The van der Waals surface area contributed by atoms with Crippen LogP contribution in [0.15, 0.2) is 41.2 Å². The van der Waals surface area contributed by atoms with Crippen LogP contribution < -0.4 is 25.7 Å². The quantitative estimate of drug-likeness (QED) is 0.448. The van der Waals surface area contributed by atoms with Crippen molar-refractivity contribution in [3.8, 4) is 11.6 Å². The molecule has 1 fully saturated rings. The number of pyridine rings is 3. The Morgan fingerprint density at radius 3 is 2.86 bits per heavy atom. The van der Waals surface area contributed by atoms with E-state index < -0.39 is 12.2 Å².